The molecule has 0 bridgehead atoms. The molecule has 146 valence electrons. The number of benzene rings is 1. The van der Waals surface area contributed by atoms with Crippen molar-refractivity contribution in [3.05, 3.63) is 30.1 Å². The minimum Gasteiger partial charge on any atom is -0.369 e. The molecule has 27 heavy (non-hydrogen) atoms. The topological polar surface area (TPSA) is 69.9 Å². The third-order valence-electron chi connectivity index (χ3n) is 6.34. The summed E-state index contributed by atoms with van der Waals surface area (Å²) in [7, 11) is 0. The van der Waals surface area contributed by atoms with E-state index >= 15 is 0 Å². The number of piperazine rings is 1. The Balaban J connectivity index is 1.34. The van der Waals surface area contributed by atoms with Crippen LogP contribution < -0.4 is 10.6 Å². The molecule has 0 aromatic heterocycles. The first-order valence-electron chi connectivity index (χ1n) is 9.83. The van der Waals surface area contributed by atoms with E-state index in [1.165, 1.54) is 12.1 Å². The predicted molar refractivity (Wildman–Crippen MR) is 101 cm³/mol. The third-order valence-corrected chi connectivity index (χ3v) is 6.34. The van der Waals surface area contributed by atoms with Crippen LogP contribution in [-0.2, 0) is 9.59 Å². The van der Waals surface area contributed by atoms with Crippen molar-refractivity contribution < 1.29 is 14.0 Å². The highest BCUT2D eigenvalue weighted by Crippen LogP contribution is 2.47. The van der Waals surface area contributed by atoms with Crippen molar-refractivity contribution in [2.24, 2.45) is 11.1 Å². The van der Waals surface area contributed by atoms with Crippen LogP contribution >= 0.6 is 0 Å². The Morgan fingerprint density at radius 1 is 1.04 bits per heavy atom. The average Bonchev–Trinajstić information content (AvgIpc) is 3.50. The fourth-order valence-electron chi connectivity index (χ4n) is 4.43. The number of rotatable bonds is 4. The highest BCUT2D eigenvalue weighted by atomic mass is 19.1. The van der Waals surface area contributed by atoms with Crippen LogP contribution in [0, 0.1) is 11.2 Å². The Bertz CT molecular complexity index is 711. The molecule has 0 unspecified atom stereocenters. The highest BCUT2D eigenvalue weighted by molar-refractivity contribution is 6.07. The molecule has 1 atom stereocenters. The van der Waals surface area contributed by atoms with Crippen molar-refractivity contribution in [2.45, 2.75) is 31.7 Å². The first-order chi connectivity index (χ1) is 13.0. The molecule has 0 spiro atoms. The van der Waals surface area contributed by atoms with Gasteiger partial charge < -0.3 is 15.5 Å². The average molecular weight is 374 g/mol. The number of carbonyl (C=O) groups is 2. The van der Waals surface area contributed by atoms with E-state index in [2.05, 4.69) is 9.80 Å². The molecule has 2 N–H and O–H groups in total. The van der Waals surface area contributed by atoms with E-state index < -0.39 is 11.3 Å². The van der Waals surface area contributed by atoms with Crippen LogP contribution in [0.4, 0.5) is 10.1 Å². The molecule has 1 aromatic carbocycles. The lowest BCUT2D eigenvalue weighted by Crippen LogP contribution is -2.57. The molecule has 2 aliphatic heterocycles. The molecule has 1 aromatic rings. The maximum atomic E-state index is 13.1. The van der Waals surface area contributed by atoms with Gasteiger partial charge in [-0.3, -0.25) is 14.5 Å². The first kappa shape index (κ1) is 18.2. The van der Waals surface area contributed by atoms with Crippen LogP contribution in [0.3, 0.4) is 0 Å². The van der Waals surface area contributed by atoms with Crippen molar-refractivity contribution in [2.75, 3.05) is 44.2 Å². The Hall–Kier alpha value is -2.15. The van der Waals surface area contributed by atoms with Gasteiger partial charge >= 0.3 is 0 Å². The van der Waals surface area contributed by atoms with Crippen molar-refractivity contribution in [3.63, 3.8) is 0 Å². The van der Waals surface area contributed by atoms with E-state index in [9.17, 15) is 14.0 Å². The molecule has 3 aliphatic rings. The summed E-state index contributed by atoms with van der Waals surface area (Å²) in [6.07, 6.45) is 3.23. The van der Waals surface area contributed by atoms with Crippen LogP contribution in [0.5, 0.6) is 0 Å². The van der Waals surface area contributed by atoms with Gasteiger partial charge in [0, 0.05) is 51.0 Å². The quantitative estimate of drug-likeness (QED) is 0.804. The van der Waals surface area contributed by atoms with Crippen molar-refractivity contribution in [1.29, 1.82) is 0 Å². The summed E-state index contributed by atoms with van der Waals surface area (Å²) in [6, 6.07) is 6.98. The van der Waals surface area contributed by atoms with E-state index in [1.807, 2.05) is 17.0 Å². The number of hydrogen-bond donors (Lipinski definition) is 1. The SMILES string of the molecule is NC(=O)C1(C(=O)N2CCC[C@@H](N3CCN(c4ccc(F)cc4)CC3)C2)CC1. The van der Waals surface area contributed by atoms with E-state index in [4.69, 9.17) is 5.73 Å². The lowest BCUT2D eigenvalue weighted by Gasteiger charge is -2.44. The fourth-order valence-corrected chi connectivity index (χ4v) is 4.43. The number of nitrogens with two attached hydrogens (primary N) is 1. The molecule has 2 heterocycles. The van der Waals surface area contributed by atoms with E-state index in [1.54, 1.807) is 0 Å². The van der Waals surface area contributed by atoms with Crippen LogP contribution in [0.25, 0.3) is 0 Å². The highest BCUT2D eigenvalue weighted by Gasteiger charge is 2.57. The second-order valence-electron chi connectivity index (χ2n) is 7.99. The summed E-state index contributed by atoms with van der Waals surface area (Å²) in [4.78, 5) is 31.0. The summed E-state index contributed by atoms with van der Waals surface area (Å²) < 4.78 is 13.1. The number of halogens is 1. The van der Waals surface area contributed by atoms with Gasteiger partial charge in [0.1, 0.15) is 11.2 Å². The summed E-state index contributed by atoms with van der Waals surface area (Å²) in [5, 5.41) is 0. The minimum atomic E-state index is -0.914. The van der Waals surface area contributed by atoms with Crippen LogP contribution in [0.2, 0.25) is 0 Å². The van der Waals surface area contributed by atoms with Gasteiger partial charge in [-0.15, -0.1) is 0 Å². The molecule has 1 aliphatic carbocycles. The fraction of sp³-hybridized carbons (Fsp3) is 0.600. The standard InChI is InChI=1S/C20H27FN4O2/c21-15-3-5-16(6-4-15)23-10-12-24(13-11-23)17-2-1-9-25(14-17)19(27)20(7-8-20)18(22)26/h3-6,17H,1-2,7-14H2,(H2,22,26)/t17-/m1/s1. The number of likely N-dealkylation sites (tertiary alicyclic amines) is 1. The zero-order valence-electron chi connectivity index (χ0n) is 15.6. The zero-order chi connectivity index (χ0) is 19.0. The number of carbonyl (C=O) groups excluding carboxylic acids is 2. The predicted octanol–water partition coefficient (Wildman–Crippen LogP) is 1.20. The smallest absolute Gasteiger partial charge is 0.238 e. The second-order valence-corrected chi connectivity index (χ2v) is 7.99. The van der Waals surface area contributed by atoms with Gasteiger partial charge in [-0.2, -0.15) is 0 Å². The number of hydrogen-bond acceptors (Lipinski definition) is 4. The Labute approximate surface area is 159 Å². The Morgan fingerprint density at radius 2 is 1.70 bits per heavy atom. The molecule has 1 saturated carbocycles. The zero-order valence-corrected chi connectivity index (χ0v) is 15.6. The van der Waals surface area contributed by atoms with Crippen LogP contribution in [-0.4, -0.2) is 66.9 Å². The summed E-state index contributed by atoms with van der Waals surface area (Å²) in [6.45, 7) is 5.03. The lowest BCUT2D eigenvalue weighted by atomic mass is 9.98. The van der Waals surface area contributed by atoms with Gasteiger partial charge in [0.25, 0.3) is 0 Å². The minimum absolute atomic E-state index is 0.0651. The molecule has 2 amide bonds. The molecule has 7 heteroatoms. The summed E-state index contributed by atoms with van der Waals surface area (Å²) in [5.41, 5.74) is 5.61. The second kappa shape index (κ2) is 7.11. The molecule has 0 radical (unpaired) electrons. The maximum Gasteiger partial charge on any atom is 0.238 e. The number of primary amides is 1. The lowest BCUT2D eigenvalue weighted by molar-refractivity contribution is -0.144. The molecule has 3 fully saturated rings. The number of nitrogens with zero attached hydrogens (tertiary/aromatic N) is 3. The van der Waals surface area contributed by atoms with E-state index in [0.29, 0.717) is 25.4 Å². The monoisotopic (exact) mass is 374 g/mol. The molecule has 6 nitrogen and oxygen atoms in total. The molecular formula is C20H27FN4O2. The Morgan fingerprint density at radius 3 is 2.30 bits per heavy atom. The van der Waals surface area contributed by atoms with E-state index in [0.717, 1.165) is 51.3 Å². The van der Waals surface area contributed by atoms with Crippen molar-refractivity contribution in [3.8, 4) is 0 Å². The molecule has 2 saturated heterocycles. The molecule has 4 rings (SSSR count). The van der Waals surface area contributed by atoms with Gasteiger partial charge in [0.2, 0.25) is 11.8 Å². The number of amides is 2. The first-order valence-corrected chi connectivity index (χ1v) is 9.83. The number of piperidine rings is 1. The van der Waals surface area contributed by atoms with Gasteiger partial charge in [0.05, 0.1) is 0 Å². The van der Waals surface area contributed by atoms with Gasteiger partial charge in [-0.1, -0.05) is 0 Å². The summed E-state index contributed by atoms with van der Waals surface area (Å²) in [5.74, 6) is -0.749. The van der Waals surface area contributed by atoms with Gasteiger partial charge in [-0.05, 0) is 49.9 Å². The largest absolute Gasteiger partial charge is 0.369 e. The van der Waals surface area contributed by atoms with Crippen molar-refractivity contribution in [1.82, 2.24) is 9.80 Å². The Kier molecular flexibility index (Phi) is 4.80. The van der Waals surface area contributed by atoms with Crippen LogP contribution in [0.1, 0.15) is 25.7 Å². The van der Waals surface area contributed by atoms with Crippen LogP contribution in [0.15, 0.2) is 24.3 Å². The summed E-state index contributed by atoms with van der Waals surface area (Å²) >= 11 is 0. The normalized spacial score (nSPS) is 25.3. The maximum absolute atomic E-state index is 13.1. The van der Waals surface area contributed by atoms with E-state index in [-0.39, 0.29) is 11.7 Å². The van der Waals surface area contributed by atoms with Gasteiger partial charge in [0.15, 0.2) is 0 Å². The molecular weight excluding hydrogens is 347 g/mol. The van der Waals surface area contributed by atoms with Gasteiger partial charge in [-0.25, -0.2) is 4.39 Å². The van der Waals surface area contributed by atoms with Crippen molar-refractivity contribution >= 4 is 17.5 Å². The number of anilines is 1. The third kappa shape index (κ3) is 3.52.